The van der Waals surface area contributed by atoms with Gasteiger partial charge in [0.05, 0.1) is 12.4 Å². The zero-order valence-electron chi connectivity index (χ0n) is 50.0. The molecule has 2 aliphatic rings. The molecule has 0 spiro atoms. The summed E-state index contributed by atoms with van der Waals surface area (Å²) in [4.78, 5) is 57.1. The second kappa shape index (κ2) is 37.9. The van der Waals surface area contributed by atoms with Gasteiger partial charge in [-0.05, 0) is 63.0 Å². The predicted molar refractivity (Wildman–Crippen MR) is 417 cm³/mol. The van der Waals surface area contributed by atoms with Crippen LogP contribution in [0.3, 0.4) is 0 Å². The van der Waals surface area contributed by atoms with Crippen LogP contribution in [0.1, 0.15) is 33.1 Å². The summed E-state index contributed by atoms with van der Waals surface area (Å²) in [7, 11) is 101. The highest BCUT2D eigenvalue weighted by Crippen LogP contribution is 2.29. The van der Waals surface area contributed by atoms with Gasteiger partial charge in [-0.3, -0.25) is 18.7 Å². The Morgan fingerprint density at radius 3 is 1.16 bits per heavy atom. The van der Waals surface area contributed by atoms with Crippen LogP contribution >= 0.6 is 46.4 Å². The smallest absolute Gasteiger partial charge is 0.409 e. The molecular formula is C42H48B30Cl4N10O4. The summed E-state index contributed by atoms with van der Waals surface area (Å²) >= 11 is 22.1. The highest BCUT2D eigenvalue weighted by molar-refractivity contribution is 8.28. The summed E-state index contributed by atoms with van der Waals surface area (Å²) in [5.41, 5.74) is 3.31. The normalized spacial score (nSPS) is 12.7. The maximum absolute atomic E-state index is 12.9. The van der Waals surface area contributed by atoms with Crippen LogP contribution in [0.5, 0.6) is 0 Å². The minimum Gasteiger partial charge on any atom is -0.453 e. The Balaban J connectivity index is 0.000000281. The van der Waals surface area contributed by atoms with E-state index in [9.17, 15) is 14.4 Å². The van der Waals surface area contributed by atoms with E-state index in [-0.39, 0.29) is 36.0 Å². The molecule has 4 aromatic heterocycles. The van der Waals surface area contributed by atoms with Gasteiger partial charge in [-0.2, -0.15) is 9.97 Å². The number of aryl methyl sites for hydroxylation is 2. The number of carbonyl (C=O) groups is 1. The number of pyridine rings is 2. The Hall–Kier alpha value is -3.04. The monoisotopic (exact) mass is 1230 g/mol. The fourth-order valence-electron chi connectivity index (χ4n) is 11.7. The Bertz CT molecular complexity index is 3250. The third-order valence-electron chi connectivity index (χ3n) is 15.9. The Labute approximate surface area is 578 Å². The van der Waals surface area contributed by atoms with Crippen LogP contribution in [0.15, 0.2) is 82.6 Å². The van der Waals surface area contributed by atoms with Crippen molar-refractivity contribution in [1.29, 1.82) is 0 Å². The number of amides is 1. The second-order valence-corrected chi connectivity index (χ2v) is 23.6. The summed E-state index contributed by atoms with van der Waals surface area (Å²) in [6.45, 7) is 3.20. The third kappa shape index (κ3) is 21.0. The van der Waals surface area contributed by atoms with Crippen molar-refractivity contribution in [2.75, 3.05) is 49.3 Å². The number of likely N-dealkylation sites (tertiary alicyclic amines) is 1. The molecule has 14 nitrogen and oxygen atoms in total. The van der Waals surface area contributed by atoms with Crippen molar-refractivity contribution in [2.24, 2.45) is 14.1 Å². The number of hydrogen-bond acceptors (Lipinski definition) is 11. The first-order valence-corrected chi connectivity index (χ1v) is 30.4. The summed E-state index contributed by atoms with van der Waals surface area (Å²) in [6, 6.07) is 18.7. The Morgan fingerprint density at radius 2 is 0.856 bits per heavy atom. The molecule has 2 saturated heterocycles. The first-order chi connectivity index (χ1) is 42.1. The molecule has 8 rings (SSSR count). The molecule has 0 bridgehead atoms. The van der Waals surface area contributed by atoms with Crippen molar-refractivity contribution >= 4 is 300 Å². The Kier molecular flexibility index (Phi) is 33.4. The standard InChI is InChI=1S/C21H22ClN5O3.C19H20ClN5O.CH2Cl2.CH4.B30/c1-26-18-13(11-16(19(26)28)15-5-3-4-6-17(15)22)12-23-20(25-18)24-14-7-9-27(10-8-14)21(29)30-2;1-25-17-12(10-15(18(25)26)14-4-2-3-5-16(14)20)11-22-19(24-17)23-13-6-8-21-9-7-13;2-1-3;;1-17(2)25(18(3)4)29(26(19(5)6)20(7)8)30(27(21(9)10)22(11)12)28(23(13)14)24(15)16/h3-6,11-12,14H,7-10H2,1-2H3,(H,23,24,25);2-5,10-11,13,21H,6-9H2,1H3,(H,22,23,24);1H2;1H4;. The van der Waals surface area contributed by atoms with Crippen molar-refractivity contribution in [1.82, 2.24) is 39.3 Å². The summed E-state index contributed by atoms with van der Waals surface area (Å²) in [5.74, 6) is 1.02. The van der Waals surface area contributed by atoms with Gasteiger partial charge in [-0.25, -0.2) is 14.8 Å². The average molecular weight is 1220 g/mol. The van der Waals surface area contributed by atoms with E-state index in [4.69, 9.17) is 175 Å². The van der Waals surface area contributed by atoms with Crippen LogP contribution in [0, 0.1) is 0 Å². The lowest BCUT2D eigenvalue weighted by Gasteiger charge is -2.50. The number of ether oxygens (including phenoxy) is 1. The number of carbonyl (C=O) groups excluding carboxylic acids is 1. The molecule has 2 aromatic carbocycles. The number of methoxy groups -OCH3 is 1. The van der Waals surface area contributed by atoms with Crippen LogP contribution < -0.4 is 27.1 Å². The number of rotatable bonds is 19. The van der Waals surface area contributed by atoms with Gasteiger partial charge in [-0.1, -0.05) is 67.0 Å². The van der Waals surface area contributed by atoms with E-state index in [1.165, 1.54) is 11.7 Å². The number of hydrogen-bond donors (Lipinski definition) is 3. The van der Waals surface area contributed by atoms with Crippen LogP contribution in [-0.2, 0) is 18.8 Å². The van der Waals surface area contributed by atoms with Crippen molar-refractivity contribution in [3.8, 4) is 22.3 Å². The molecule has 408 valence electrons. The molecule has 0 atom stereocenters. The zero-order valence-corrected chi connectivity index (χ0v) is 53.1. The number of halogens is 4. The van der Waals surface area contributed by atoms with Gasteiger partial charge in [-0.15, -0.1) is 23.2 Å². The van der Waals surface area contributed by atoms with Crippen LogP contribution in [0.25, 0.3) is 44.3 Å². The van der Waals surface area contributed by atoms with Crippen molar-refractivity contribution in [3.05, 3.63) is 104 Å². The van der Waals surface area contributed by atoms with Crippen molar-refractivity contribution in [2.45, 2.75) is 45.2 Å². The number of benzene rings is 2. The van der Waals surface area contributed by atoms with E-state index in [1.54, 1.807) is 54.2 Å². The van der Waals surface area contributed by atoms with Crippen LogP contribution in [0.4, 0.5) is 16.7 Å². The Morgan fingerprint density at radius 1 is 0.544 bits per heavy atom. The van der Waals surface area contributed by atoms with Crippen LogP contribution in [-0.4, -0.2) is 304 Å². The summed E-state index contributed by atoms with van der Waals surface area (Å²) in [5, 5.41) is 12.8. The molecule has 0 aliphatic carbocycles. The topological polar surface area (TPSA) is 161 Å². The van der Waals surface area contributed by atoms with Gasteiger partial charge in [0.1, 0.15) is 11.3 Å². The number of aromatic nitrogens is 6. The van der Waals surface area contributed by atoms with E-state index in [1.807, 2.05) is 42.5 Å². The second-order valence-electron chi connectivity index (χ2n) is 22.0. The average Bonchev–Trinajstić information content (AvgIpc) is 0.902. The van der Waals surface area contributed by atoms with Crippen molar-refractivity contribution in [3.63, 3.8) is 0 Å². The van der Waals surface area contributed by atoms with E-state index in [0.29, 0.717) is 74.6 Å². The first-order valence-electron chi connectivity index (χ1n) is 28.6. The van der Waals surface area contributed by atoms with Crippen LogP contribution in [0.2, 0.25) is 10.0 Å². The van der Waals surface area contributed by atoms with E-state index in [2.05, 4.69) is 35.9 Å². The van der Waals surface area contributed by atoms with Gasteiger partial charge >= 0.3 is 6.09 Å². The lowest BCUT2D eigenvalue weighted by molar-refractivity contribution is 0.113. The zero-order chi connectivity index (χ0) is 66.1. The van der Waals surface area contributed by atoms with Gasteiger partial charge in [0.15, 0.2) is 0 Å². The predicted octanol–water partition coefficient (Wildman–Crippen LogP) is -3.26. The molecule has 0 saturated carbocycles. The van der Waals surface area contributed by atoms with Crippen molar-refractivity contribution < 1.29 is 9.53 Å². The lowest BCUT2D eigenvalue weighted by Crippen LogP contribution is -2.88. The van der Waals surface area contributed by atoms with E-state index >= 15 is 0 Å². The molecule has 2 aliphatic heterocycles. The van der Waals surface area contributed by atoms with Gasteiger partial charge in [0.25, 0.3) is 11.1 Å². The SMILES string of the molecule is C.COC(=O)N1CCC(Nc2ncc3cc(-c4ccccc4Cl)c(=O)n(C)c3n2)CC1.ClCCl.Cn1c(=O)c(-c2ccccc2Cl)cc2cnc(NC3CCNCC3)nc21.[B]B([B])B(B([B])[B])B(B(B([B])[B])B([B])[B])B(B(B([B])[B])B([B])[B])B(B([B])[B])B([B])[B]. The molecule has 6 aromatic rings. The molecule has 32 radical (unpaired) electrons. The number of nitrogens with one attached hydrogen (secondary N) is 3. The maximum atomic E-state index is 12.9. The highest BCUT2D eigenvalue weighted by atomic mass is 35.5. The van der Waals surface area contributed by atoms with E-state index in [0.717, 1.165) is 49.5 Å². The number of nitrogens with zero attached hydrogens (tertiary/aromatic N) is 7. The van der Waals surface area contributed by atoms with E-state index < -0.39 is 89.4 Å². The molecular weight excluding hydrogens is 1170 g/mol. The largest absolute Gasteiger partial charge is 0.453 e. The van der Waals surface area contributed by atoms with Gasteiger partial charge in [0.2, 0.25) is 11.9 Å². The summed E-state index contributed by atoms with van der Waals surface area (Å²) in [6.07, 6.45) is -6.96. The maximum Gasteiger partial charge on any atom is 0.409 e. The molecule has 1 amide bonds. The van der Waals surface area contributed by atoms with Gasteiger partial charge < -0.3 is 25.6 Å². The third-order valence-corrected chi connectivity index (χ3v) is 16.6. The van der Waals surface area contributed by atoms with Gasteiger partial charge in [0, 0.05) is 308 Å². The minimum absolute atomic E-state index is 0. The molecule has 0 unspecified atom stereocenters. The molecule has 6 heterocycles. The summed E-state index contributed by atoms with van der Waals surface area (Å²) < 4.78 is 7.84. The molecule has 48 heteroatoms. The number of piperidine rings is 2. The lowest BCUT2D eigenvalue weighted by atomic mass is 8.31. The molecule has 2 fully saturated rings. The molecule has 3 N–H and O–H groups in total. The molecule has 90 heavy (non-hydrogen) atoms. The minimum atomic E-state index is -1.07. The number of anilines is 2. The number of fused-ring (bicyclic) bond motifs is 2. The fourth-order valence-corrected chi connectivity index (χ4v) is 12.1. The fraction of sp³-hybridized carbons (Fsp3) is 0.357. The quantitative estimate of drug-likeness (QED) is 0.0553. The first kappa shape index (κ1) is 79.4. The highest BCUT2D eigenvalue weighted by Gasteiger charge is 2.52. The number of alkyl halides is 2.